The molecule has 0 atom stereocenters. The van der Waals surface area contributed by atoms with Crippen molar-refractivity contribution in [2.45, 2.75) is 43.4 Å². The van der Waals surface area contributed by atoms with Gasteiger partial charge in [-0.25, -0.2) is 9.97 Å². The zero-order valence-corrected chi connectivity index (χ0v) is 15.4. The number of thioether (sulfide) groups is 1. The normalized spacial score (nSPS) is 16.2. The molecule has 1 saturated heterocycles. The first-order valence-electron chi connectivity index (χ1n) is 8.73. The first-order chi connectivity index (χ1) is 11.7. The van der Waals surface area contributed by atoms with Crippen LogP contribution >= 0.6 is 11.8 Å². The number of hydrogen-bond donors (Lipinski definition) is 1. The van der Waals surface area contributed by atoms with Crippen LogP contribution in [0.5, 0.6) is 0 Å². The fourth-order valence-corrected chi connectivity index (χ4v) is 4.06. The van der Waals surface area contributed by atoms with Crippen molar-refractivity contribution in [2.75, 3.05) is 25.0 Å². The molecule has 3 rings (SSSR count). The number of nitrogens with zero attached hydrogens (tertiary/aromatic N) is 3. The van der Waals surface area contributed by atoms with E-state index in [1.54, 1.807) is 0 Å². The maximum Gasteiger partial charge on any atom is 0.222 e. The second-order valence-electron chi connectivity index (χ2n) is 6.35. The van der Waals surface area contributed by atoms with Crippen molar-refractivity contribution in [3.8, 4) is 0 Å². The van der Waals surface area contributed by atoms with Crippen LogP contribution in [-0.2, 0) is 6.54 Å². The minimum absolute atomic E-state index is 0.717. The summed E-state index contributed by atoms with van der Waals surface area (Å²) in [4.78, 5) is 12.6. The van der Waals surface area contributed by atoms with E-state index in [4.69, 9.17) is 0 Å². The molecule has 2 aromatic rings. The minimum Gasteiger partial charge on any atom is -0.355 e. The van der Waals surface area contributed by atoms with Crippen LogP contribution in [0.2, 0.25) is 0 Å². The molecule has 0 saturated carbocycles. The highest BCUT2D eigenvalue weighted by Gasteiger charge is 2.20. The first-order valence-corrected chi connectivity index (χ1v) is 9.61. The Morgan fingerprint density at radius 1 is 1.12 bits per heavy atom. The van der Waals surface area contributed by atoms with Crippen LogP contribution in [0.4, 0.5) is 5.95 Å². The average molecular weight is 343 g/mol. The van der Waals surface area contributed by atoms with E-state index in [2.05, 4.69) is 58.3 Å². The Morgan fingerprint density at radius 3 is 2.42 bits per heavy atom. The summed E-state index contributed by atoms with van der Waals surface area (Å²) >= 11 is 2.03. The number of benzene rings is 1. The van der Waals surface area contributed by atoms with E-state index in [-0.39, 0.29) is 0 Å². The predicted molar refractivity (Wildman–Crippen MR) is 102 cm³/mol. The van der Waals surface area contributed by atoms with E-state index >= 15 is 0 Å². The lowest BCUT2D eigenvalue weighted by atomic mass is 10.1. The van der Waals surface area contributed by atoms with E-state index in [9.17, 15) is 0 Å². The fraction of sp³-hybridized carbons (Fsp3) is 0.474. The molecule has 0 amide bonds. The summed E-state index contributed by atoms with van der Waals surface area (Å²) in [6.45, 7) is 8.30. The molecule has 128 valence electrons. The highest BCUT2D eigenvalue weighted by Crippen LogP contribution is 2.30. The number of likely N-dealkylation sites (tertiary alicyclic amines) is 1. The Balaban J connectivity index is 1.45. The number of rotatable bonds is 6. The van der Waals surface area contributed by atoms with Crippen LogP contribution in [0.25, 0.3) is 0 Å². The minimum atomic E-state index is 0.717. The van der Waals surface area contributed by atoms with Gasteiger partial charge in [0.25, 0.3) is 0 Å². The van der Waals surface area contributed by atoms with Gasteiger partial charge in [-0.15, -0.1) is 11.8 Å². The van der Waals surface area contributed by atoms with Crippen LogP contribution in [0.1, 0.15) is 30.9 Å². The molecule has 0 aliphatic carbocycles. The van der Waals surface area contributed by atoms with Gasteiger partial charge in [0.2, 0.25) is 5.95 Å². The average Bonchev–Trinajstić information content (AvgIpc) is 2.61. The molecule has 0 bridgehead atoms. The van der Waals surface area contributed by atoms with Gasteiger partial charge in [0.1, 0.15) is 0 Å². The van der Waals surface area contributed by atoms with Crippen LogP contribution < -0.4 is 5.32 Å². The van der Waals surface area contributed by atoms with Crippen LogP contribution in [0.15, 0.2) is 41.6 Å². The molecule has 1 aromatic carbocycles. The zero-order valence-electron chi connectivity index (χ0n) is 14.5. The largest absolute Gasteiger partial charge is 0.355 e. The van der Waals surface area contributed by atoms with E-state index in [0.29, 0.717) is 0 Å². The molecule has 24 heavy (non-hydrogen) atoms. The topological polar surface area (TPSA) is 41.1 Å². The third-order valence-electron chi connectivity index (χ3n) is 4.30. The van der Waals surface area contributed by atoms with Gasteiger partial charge >= 0.3 is 0 Å². The van der Waals surface area contributed by atoms with Crippen LogP contribution in [-0.4, -0.2) is 39.8 Å². The number of aromatic nitrogens is 2. The number of hydrogen-bond acceptors (Lipinski definition) is 5. The third kappa shape index (κ3) is 4.95. The first kappa shape index (κ1) is 17.2. The highest BCUT2D eigenvalue weighted by molar-refractivity contribution is 8.00. The molecular weight excluding hydrogens is 316 g/mol. The molecule has 1 aliphatic heterocycles. The molecule has 1 aliphatic rings. The Bertz CT molecular complexity index is 619. The van der Waals surface area contributed by atoms with Crippen molar-refractivity contribution in [1.29, 1.82) is 0 Å². The number of aryl methyl sites for hydroxylation is 1. The van der Waals surface area contributed by atoms with Gasteiger partial charge in [0.05, 0.1) is 0 Å². The van der Waals surface area contributed by atoms with Gasteiger partial charge in [0, 0.05) is 41.2 Å². The maximum absolute atomic E-state index is 4.36. The quantitative estimate of drug-likeness (QED) is 0.860. The molecule has 0 unspecified atom stereocenters. The van der Waals surface area contributed by atoms with E-state index in [0.717, 1.165) is 37.4 Å². The standard InChI is InChI=1S/C19H26N4S/c1-3-20-19-21-12-16(13-22-19)14-23-10-8-18(9-11-23)24-17-6-4-15(2)5-7-17/h4-7,12-13,18H,3,8-11,14H2,1-2H3,(H,20,21,22). The smallest absolute Gasteiger partial charge is 0.222 e. The highest BCUT2D eigenvalue weighted by atomic mass is 32.2. The summed E-state index contributed by atoms with van der Waals surface area (Å²) < 4.78 is 0. The van der Waals surface area contributed by atoms with Gasteiger partial charge < -0.3 is 5.32 Å². The summed E-state index contributed by atoms with van der Waals surface area (Å²) in [5, 5.41) is 3.86. The van der Waals surface area contributed by atoms with E-state index in [1.165, 1.54) is 28.9 Å². The summed E-state index contributed by atoms with van der Waals surface area (Å²) in [6, 6.07) is 8.90. The molecule has 4 nitrogen and oxygen atoms in total. The van der Waals surface area contributed by atoms with Gasteiger partial charge in [0.15, 0.2) is 0 Å². The van der Waals surface area contributed by atoms with Crippen molar-refractivity contribution in [3.63, 3.8) is 0 Å². The van der Waals surface area contributed by atoms with E-state index < -0.39 is 0 Å². The summed E-state index contributed by atoms with van der Waals surface area (Å²) in [5.74, 6) is 0.717. The van der Waals surface area contributed by atoms with Crippen LogP contribution in [0, 0.1) is 6.92 Å². The monoisotopic (exact) mass is 342 g/mol. The van der Waals surface area contributed by atoms with Crippen molar-refractivity contribution < 1.29 is 0 Å². The molecule has 1 N–H and O–H groups in total. The summed E-state index contributed by atoms with van der Waals surface area (Å²) in [6.07, 6.45) is 6.38. The third-order valence-corrected chi connectivity index (χ3v) is 5.65. The second kappa shape index (κ2) is 8.49. The Hall–Kier alpha value is -1.59. The molecule has 1 fully saturated rings. The number of nitrogens with one attached hydrogen (secondary N) is 1. The van der Waals surface area contributed by atoms with E-state index in [1.807, 2.05) is 24.2 Å². The summed E-state index contributed by atoms with van der Waals surface area (Å²) in [7, 11) is 0. The molecule has 2 heterocycles. The van der Waals surface area contributed by atoms with Gasteiger partial charge in [-0.3, -0.25) is 4.90 Å². The van der Waals surface area contributed by atoms with Gasteiger partial charge in [-0.1, -0.05) is 17.7 Å². The van der Waals surface area contributed by atoms with Crippen molar-refractivity contribution >= 4 is 17.7 Å². The zero-order chi connectivity index (χ0) is 16.8. The van der Waals surface area contributed by atoms with Crippen molar-refractivity contribution in [1.82, 2.24) is 14.9 Å². The Kier molecular flexibility index (Phi) is 6.10. The SMILES string of the molecule is CCNc1ncc(CN2CCC(Sc3ccc(C)cc3)CC2)cn1. The van der Waals surface area contributed by atoms with Crippen LogP contribution in [0.3, 0.4) is 0 Å². The maximum atomic E-state index is 4.36. The lowest BCUT2D eigenvalue weighted by Crippen LogP contribution is -2.34. The second-order valence-corrected chi connectivity index (χ2v) is 7.73. The molecule has 1 aromatic heterocycles. The molecule has 5 heteroatoms. The van der Waals surface area contributed by atoms with Crippen molar-refractivity contribution in [2.24, 2.45) is 0 Å². The molecular formula is C19H26N4S. The Labute approximate surface area is 149 Å². The number of piperidine rings is 1. The van der Waals surface area contributed by atoms with Gasteiger partial charge in [-0.2, -0.15) is 0 Å². The number of anilines is 1. The molecule has 0 spiro atoms. The van der Waals surface area contributed by atoms with Gasteiger partial charge in [-0.05, 0) is 51.9 Å². The Morgan fingerprint density at radius 2 is 1.79 bits per heavy atom. The lowest BCUT2D eigenvalue weighted by Gasteiger charge is -2.31. The predicted octanol–water partition coefficient (Wildman–Crippen LogP) is 3.97. The fourth-order valence-electron chi connectivity index (χ4n) is 2.94. The summed E-state index contributed by atoms with van der Waals surface area (Å²) in [5.41, 5.74) is 2.53. The van der Waals surface area contributed by atoms with Crippen molar-refractivity contribution in [3.05, 3.63) is 47.8 Å². The lowest BCUT2D eigenvalue weighted by molar-refractivity contribution is 0.224. The molecule has 0 radical (unpaired) electrons.